The van der Waals surface area contributed by atoms with Gasteiger partial charge in [-0.3, -0.25) is 4.79 Å². The second-order valence-electron chi connectivity index (χ2n) is 7.38. The Kier molecular flexibility index (Phi) is 5.95. The molecular weight excluding hydrogens is 423 g/mol. The van der Waals surface area contributed by atoms with Crippen LogP contribution in [0.3, 0.4) is 0 Å². The van der Waals surface area contributed by atoms with E-state index >= 15 is 0 Å². The summed E-state index contributed by atoms with van der Waals surface area (Å²) in [5.74, 6) is -3.99. The second kappa shape index (κ2) is 8.83. The number of benzene rings is 2. The van der Waals surface area contributed by atoms with Crippen LogP contribution in [0.2, 0.25) is 0 Å². The van der Waals surface area contributed by atoms with Gasteiger partial charge in [-0.2, -0.15) is 0 Å². The Balaban J connectivity index is 1.76. The van der Waals surface area contributed by atoms with Gasteiger partial charge in [0.15, 0.2) is 23.2 Å². The summed E-state index contributed by atoms with van der Waals surface area (Å²) < 4.78 is 47.0. The molecule has 0 unspecified atom stereocenters. The minimum Gasteiger partial charge on any atom is -0.489 e. The van der Waals surface area contributed by atoms with Gasteiger partial charge in [-0.15, -0.1) is 0 Å². The van der Waals surface area contributed by atoms with Crippen molar-refractivity contribution < 1.29 is 22.7 Å². The Labute approximate surface area is 182 Å². The van der Waals surface area contributed by atoms with Gasteiger partial charge >= 0.3 is 0 Å². The zero-order valence-corrected chi connectivity index (χ0v) is 17.4. The van der Waals surface area contributed by atoms with Crippen LogP contribution in [0.15, 0.2) is 42.7 Å². The third-order valence-corrected chi connectivity index (χ3v) is 4.87. The van der Waals surface area contributed by atoms with E-state index in [4.69, 9.17) is 4.74 Å². The molecule has 3 aromatic rings. The van der Waals surface area contributed by atoms with Crippen LogP contribution < -0.4 is 15.0 Å². The normalized spacial score (nSPS) is 13.5. The predicted molar refractivity (Wildman–Crippen MR) is 115 cm³/mol. The fourth-order valence-corrected chi connectivity index (χ4v) is 3.36. The summed E-state index contributed by atoms with van der Waals surface area (Å²) in [4.78, 5) is 24.6. The first-order valence-electron chi connectivity index (χ1n) is 9.80. The molecule has 0 radical (unpaired) electrons. The monoisotopic (exact) mass is 443 g/mol. The zero-order chi connectivity index (χ0) is 22.8. The van der Waals surface area contributed by atoms with E-state index in [9.17, 15) is 18.0 Å². The Morgan fingerprint density at radius 1 is 1.19 bits per heavy atom. The quantitative estimate of drug-likeness (QED) is 0.480. The van der Waals surface area contributed by atoms with Crippen LogP contribution in [-0.4, -0.2) is 54.6 Å². The van der Waals surface area contributed by atoms with Crippen molar-refractivity contribution in [3.05, 3.63) is 60.2 Å². The van der Waals surface area contributed by atoms with Crippen molar-refractivity contribution in [2.24, 2.45) is 0 Å². The number of nitrogens with zero attached hydrogens (tertiary/aromatic N) is 4. The highest BCUT2D eigenvalue weighted by molar-refractivity contribution is 6.07. The fourth-order valence-electron chi connectivity index (χ4n) is 3.36. The lowest BCUT2D eigenvalue weighted by atomic mass is 10.1. The highest BCUT2D eigenvalue weighted by atomic mass is 19.2. The number of halogens is 3. The van der Waals surface area contributed by atoms with Gasteiger partial charge in [-0.1, -0.05) is 6.08 Å². The van der Waals surface area contributed by atoms with Gasteiger partial charge in [0.1, 0.15) is 18.8 Å². The number of likely N-dealkylation sites (N-methyl/N-ethyl adjacent to an activating group) is 1. The van der Waals surface area contributed by atoms with Gasteiger partial charge < -0.3 is 19.9 Å². The fraction of sp³-hybridized carbons (Fsp3) is 0.227. The van der Waals surface area contributed by atoms with Crippen LogP contribution in [0.5, 0.6) is 5.75 Å². The van der Waals surface area contributed by atoms with E-state index in [0.717, 1.165) is 12.1 Å². The molecule has 4 rings (SSSR count). The number of carbonyl (C=O) groups is 1. The summed E-state index contributed by atoms with van der Waals surface area (Å²) >= 11 is 0. The van der Waals surface area contributed by atoms with Crippen molar-refractivity contribution >= 4 is 34.0 Å². The van der Waals surface area contributed by atoms with Crippen LogP contribution in [0.4, 0.5) is 30.4 Å². The molecule has 1 N–H and O–H groups in total. The summed E-state index contributed by atoms with van der Waals surface area (Å²) in [5, 5.41) is 3.08. The molecule has 0 bridgehead atoms. The largest absolute Gasteiger partial charge is 0.489 e. The lowest BCUT2D eigenvalue weighted by Crippen LogP contribution is -2.37. The zero-order valence-electron chi connectivity index (χ0n) is 17.4. The molecule has 7 nitrogen and oxygen atoms in total. The van der Waals surface area contributed by atoms with Crippen LogP contribution in [0, 0.1) is 17.5 Å². The van der Waals surface area contributed by atoms with Crippen molar-refractivity contribution in [1.82, 2.24) is 14.9 Å². The van der Waals surface area contributed by atoms with E-state index in [1.54, 1.807) is 23.1 Å². The van der Waals surface area contributed by atoms with E-state index in [1.807, 2.05) is 19.0 Å². The number of anilines is 3. The van der Waals surface area contributed by atoms with E-state index < -0.39 is 17.5 Å². The Bertz CT molecular complexity index is 1220. The first kappa shape index (κ1) is 21.6. The summed E-state index contributed by atoms with van der Waals surface area (Å²) in [7, 11) is 3.80. The van der Waals surface area contributed by atoms with Gasteiger partial charge in [0.25, 0.3) is 5.91 Å². The van der Waals surface area contributed by atoms with Crippen LogP contribution in [0.25, 0.3) is 10.9 Å². The van der Waals surface area contributed by atoms with Crippen LogP contribution in [-0.2, 0) is 4.79 Å². The average Bonchev–Trinajstić information content (AvgIpc) is 2.78. The minimum absolute atomic E-state index is 0.134. The number of nitrogens with one attached hydrogen (secondary N) is 1. The topological polar surface area (TPSA) is 70.6 Å². The molecule has 1 amide bonds. The maximum atomic E-state index is 14.2. The second-order valence-corrected chi connectivity index (χ2v) is 7.38. The molecule has 2 heterocycles. The third-order valence-electron chi connectivity index (χ3n) is 4.87. The lowest BCUT2D eigenvalue weighted by molar-refractivity contribution is -0.114. The van der Waals surface area contributed by atoms with E-state index in [1.165, 1.54) is 12.4 Å². The Morgan fingerprint density at radius 3 is 2.78 bits per heavy atom. The van der Waals surface area contributed by atoms with E-state index in [-0.39, 0.29) is 24.0 Å². The molecule has 1 aliphatic heterocycles. The first-order valence-corrected chi connectivity index (χ1v) is 9.80. The summed E-state index contributed by atoms with van der Waals surface area (Å²) in [5.41, 5.74) is 0.686. The van der Waals surface area contributed by atoms with Crippen molar-refractivity contribution in [2.75, 3.05) is 44.0 Å². The number of hydrogen-bond acceptors (Lipinski definition) is 6. The maximum Gasteiger partial charge on any atom is 0.250 e. The number of hydrogen-bond donors (Lipinski definition) is 1. The van der Waals surface area contributed by atoms with Gasteiger partial charge in [-0.25, -0.2) is 23.1 Å². The van der Waals surface area contributed by atoms with E-state index in [0.29, 0.717) is 35.4 Å². The molecule has 0 atom stereocenters. The smallest absolute Gasteiger partial charge is 0.250 e. The maximum absolute atomic E-state index is 14.2. The standard InChI is InChI=1S/C22H20F3N5O2/c1-29(2)9-3-4-17(31)30-10-11-32-21-16(30)8-7-14-18(21)22(27-12-26-14)28-15-6-5-13(23)19(24)20(15)25/h3-8,12H,9-11H2,1-2H3,(H,26,27,28)/b4-3+. The Morgan fingerprint density at radius 2 is 2.00 bits per heavy atom. The molecule has 0 spiro atoms. The van der Waals surface area contributed by atoms with Crippen molar-refractivity contribution in [3.63, 3.8) is 0 Å². The summed E-state index contributed by atoms with van der Waals surface area (Å²) in [6, 6.07) is 5.28. The summed E-state index contributed by atoms with van der Waals surface area (Å²) in [6.07, 6.45) is 4.52. The van der Waals surface area contributed by atoms with Crippen molar-refractivity contribution in [2.45, 2.75) is 0 Å². The van der Waals surface area contributed by atoms with Gasteiger partial charge in [0, 0.05) is 12.6 Å². The molecule has 10 heteroatoms. The SMILES string of the molecule is CN(C)C/C=C/C(=O)N1CCOc2c1ccc1ncnc(Nc3ccc(F)c(F)c3F)c21. The van der Waals surface area contributed by atoms with Gasteiger partial charge in [-0.05, 0) is 38.4 Å². The summed E-state index contributed by atoms with van der Waals surface area (Å²) in [6.45, 7) is 1.19. The number of ether oxygens (including phenoxy) is 1. The van der Waals surface area contributed by atoms with Crippen LogP contribution in [0.1, 0.15) is 0 Å². The first-order chi connectivity index (χ1) is 15.4. The molecule has 0 saturated carbocycles. The molecule has 1 aliphatic rings. The van der Waals surface area contributed by atoms with Gasteiger partial charge in [0.2, 0.25) is 0 Å². The predicted octanol–water partition coefficient (Wildman–Crippen LogP) is 3.63. The highest BCUT2D eigenvalue weighted by Gasteiger charge is 2.26. The minimum atomic E-state index is -1.59. The third kappa shape index (κ3) is 4.09. The molecule has 0 fully saturated rings. The number of carbonyl (C=O) groups excluding carboxylic acids is 1. The molecule has 0 aliphatic carbocycles. The van der Waals surface area contributed by atoms with E-state index in [2.05, 4.69) is 15.3 Å². The molecular formula is C22H20F3N5O2. The number of fused-ring (bicyclic) bond motifs is 3. The number of aromatic nitrogens is 2. The number of amides is 1. The van der Waals surface area contributed by atoms with Crippen LogP contribution >= 0.6 is 0 Å². The van der Waals surface area contributed by atoms with Crippen molar-refractivity contribution in [3.8, 4) is 5.75 Å². The Hall–Kier alpha value is -3.66. The van der Waals surface area contributed by atoms with Gasteiger partial charge in [0.05, 0.1) is 28.8 Å². The molecule has 32 heavy (non-hydrogen) atoms. The lowest BCUT2D eigenvalue weighted by Gasteiger charge is -2.30. The molecule has 2 aromatic carbocycles. The average molecular weight is 443 g/mol. The number of rotatable bonds is 5. The molecule has 0 saturated heterocycles. The molecule has 1 aromatic heterocycles. The van der Waals surface area contributed by atoms with Crippen molar-refractivity contribution in [1.29, 1.82) is 0 Å². The highest BCUT2D eigenvalue weighted by Crippen LogP contribution is 2.41. The molecule has 166 valence electrons.